The van der Waals surface area contributed by atoms with Gasteiger partial charge in [0, 0.05) is 5.97 Å². The van der Waals surface area contributed by atoms with Gasteiger partial charge in [-0.1, -0.05) is 32.6 Å². The Kier molecular flexibility index (Phi) is 10.6. The minimum absolute atomic E-state index is 0.226. The van der Waals surface area contributed by atoms with Crippen LogP contribution in [-0.4, -0.2) is 10.5 Å². The minimum Gasteiger partial charge on any atom is -0.550 e. The van der Waals surface area contributed by atoms with Gasteiger partial charge in [0.2, 0.25) is 6.33 Å². The summed E-state index contributed by atoms with van der Waals surface area (Å²) in [5, 5.41) is 9.92. The van der Waals surface area contributed by atoms with Crippen LogP contribution in [0.15, 0.2) is 18.7 Å². The van der Waals surface area contributed by atoms with Crippen molar-refractivity contribution in [3.05, 3.63) is 18.7 Å². The number of nitrogens with zero attached hydrogens (tertiary/aromatic N) is 2. The number of carbonyl (C=O) groups is 1. The van der Waals surface area contributed by atoms with Crippen LogP contribution in [0.1, 0.15) is 85.2 Å². The molecule has 122 valence electrons. The maximum Gasteiger partial charge on any atom is 0.244 e. The summed E-state index contributed by atoms with van der Waals surface area (Å²) in [6.45, 7) is 10.9. The molecule has 4 heteroatoms. The lowest BCUT2D eigenvalue weighted by molar-refractivity contribution is -0.715. The van der Waals surface area contributed by atoms with E-state index in [-0.39, 0.29) is 6.42 Å². The van der Waals surface area contributed by atoms with Gasteiger partial charge in [-0.05, 0) is 40.5 Å². The molecule has 0 saturated heterocycles. The highest BCUT2D eigenvalue weighted by atomic mass is 16.4. The van der Waals surface area contributed by atoms with Gasteiger partial charge in [-0.15, -0.1) is 0 Å². The van der Waals surface area contributed by atoms with Crippen LogP contribution in [0.25, 0.3) is 0 Å². The molecule has 1 heterocycles. The van der Waals surface area contributed by atoms with E-state index >= 15 is 0 Å². The smallest absolute Gasteiger partial charge is 0.244 e. The van der Waals surface area contributed by atoms with Gasteiger partial charge in [-0.2, -0.15) is 0 Å². The largest absolute Gasteiger partial charge is 0.550 e. The van der Waals surface area contributed by atoms with Crippen LogP contribution in [0, 0.1) is 0 Å². The molecular weight excluding hydrogens is 264 g/mol. The summed E-state index contributed by atoms with van der Waals surface area (Å²) in [6, 6.07) is 1.13. The number of aromatic nitrogens is 2. The molecule has 4 nitrogen and oxygen atoms in total. The number of carbonyl (C=O) groups excluding carboxylic acids is 1. The number of aliphatic carboxylic acids is 1. The Labute approximate surface area is 129 Å². The minimum atomic E-state index is -0.920. The fourth-order valence-electron chi connectivity index (χ4n) is 1.87. The Bertz CT molecular complexity index is 361. The summed E-state index contributed by atoms with van der Waals surface area (Å²) in [4.78, 5) is 9.92. The molecule has 0 spiro atoms. The van der Waals surface area contributed by atoms with Gasteiger partial charge in [0.15, 0.2) is 0 Å². The van der Waals surface area contributed by atoms with E-state index in [0.29, 0.717) is 12.1 Å². The van der Waals surface area contributed by atoms with E-state index in [1.54, 1.807) is 0 Å². The van der Waals surface area contributed by atoms with Crippen molar-refractivity contribution >= 4 is 5.97 Å². The first-order chi connectivity index (χ1) is 9.88. The molecule has 0 aliphatic carbocycles. The van der Waals surface area contributed by atoms with Crippen molar-refractivity contribution in [3.8, 4) is 0 Å². The van der Waals surface area contributed by atoms with Crippen LogP contribution in [0.5, 0.6) is 0 Å². The van der Waals surface area contributed by atoms with E-state index in [1.807, 2.05) is 0 Å². The van der Waals surface area contributed by atoms with Crippen molar-refractivity contribution in [2.45, 2.75) is 85.2 Å². The lowest BCUT2D eigenvalue weighted by Gasteiger charge is -2.00. The topological polar surface area (TPSA) is 48.9 Å². The van der Waals surface area contributed by atoms with Gasteiger partial charge in [0.25, 0.3) is 0 Å². The average Bonchev–Trinajstić information content (AvgIpc) is 2.89. The van der Waals surface area contributed by atoms with E-state index in [0.717, 1.165) is 19.3 Å². The summed E-state index contributed by atoms with van der Waals surface area (Å²) >= 11 is 0. The molecule has 0 unspecified atom stereocenters. The second kappa shape index (κ2) is 11.4. The predicted molar refractivity (Wildman–Crippen MR) is 83.8 cm³/mol. The Hall–Kier alpha value is -1.32. The van der Waals surface area contributed by atoms with E-state index in [4.69, 9.17) is 0 Å². The molecular formula is C17H32N2O2. The number of carboxylic acids is 1. The first kappa shape index (κ1) is 19.7. The first-order valence-corrected chi connectivity index (χ1v) is 8.16. The van der Waals surface area contributed by atoms with Crippen molar-refractivity contribution in [2.24, 2.45) is 0 Å². The van der Waals surface area contributed by atoms with Gasteiger partial charge in [-0.3, -0.25) is 0 Å². The number of imidazole rings is 1. The maximum atomic E-state index is 9.92. The van der Waals surface area contributed by atoms with Crippen LogP contribution < -0.4 is 9.67 Å². The number of carboxylic acid groups (broad SMARTS) is 1. The molecule has 0 aliphatic heterocycles. The zero-order valence-corrected chi connectivity index (χ0v) is 14.3. The van der Waals surface area contributed by atoms with E-state index < -0.39 is 5.97 Å². The molecule has 0 aliphatic rings. The molecule has 1 rings (SSSR count). The molecule has 1 aromatic heterocycles. The summed E-state index contributed by atoms with van der Waals surface area (Å²) in [5.41, 5.74) is 0. The third-order valence-electron chi connectivity index (χ3n) is 3.35. The van der Waals surface area contributed by atoms with Gasteiger partial charge in [-0.25, -0.2) is 9.13 Å². The van der Waals surface area contributed by atoms with Gasteiger partial charge < -0.3 is 9.90 Å². The molecule has 0 aromatic carbocycles. The monoisotopic (exact) mass is 296 g/mol. The van der Waals surface area contributed by atoms with Gasteiger partial charge in [0.05, 0.1) is 12.1 Å². The lowest BCUT2D eigenvalue weighted by Crippen LogP contribution is -2.33. The normalized spacial score (nSPS) is 10.6. The molecule has 0 fully saturated rings. The maximum absolute atomic E-state index is 9.92. The molecule has 1 aromatic rings. The highest BCUT2D eigenvalue weighted by molar-refractivity contribution is 5.63. The van der Waals surface area contributed by atoms with Crippen LogP contribution in [0.3, 0.4) is 0 Å². The number of hydrogen-bond donors (Lipinski definition) is 0. The zero-order chi connectivity index (χ0) is 16.3. The van der Waals surface area contributed by atoms with Crippen molar-refractivity contribution in [1.29, 1.82) is 0 Å². The van der Waals surface area contributed by atoms with E-state index in [9.17, 15) is 9.90 Å². The van der Waals surface area contributed by atoms with Crippen molar-refractivity contribution in [2.75, 3.05) is 0 Å². The third kappa shape index (κ3) is 10.1. The highest BCUT2D eigenvalue weighted by Crippen LogP contribution is 2.03. The summed E-state index contributed by atoms with van der Waals surface area (Å²) < 4.78 is 4.42. The van der Waals surface area contributed by atoms with Crippen molar-refractivity contribution in [1.82, 2.24) is 4.57 Å². The Morgan fingerprint density at radius 2 is 1.76 bits per heavy atom. The zero-order valence-electron chi connectivity index (χ0n) is 14.3. The Balaban J connectivity index is 0.000000384. The predicted octanol–water partition coefficient (Wildman–Crippen LogP) is 3.03. The first-order valence-electron chi connectivity index (χ1n) is 8.16. The Morgan fingerprint density at radius 1 is 1.14 bits per heavy atom. The van der Waals surface area contributed by atoms with Crippen LogP contribution in [0.4, 0.5) is 0 Å². The fourth-order valence-corrected chi connectivity index (χ4v) is 1.87. The van der Waals surface area contributed by atoms with E-state index in [2.05, 4.69) is 62.5 Å². The van der Waals surface area contributed by atoms with Crippen LogP contribution in [-0.2, 0) is 4.79 Å². The van der Waals surface area contributed by atoms with Crippen molar-refractivity contribution < 1.29 is 14.5 Å². The summed E-state index contributed by atoms with van der Waals surface area (Å²) in [5.74, 6) is -0.920. The Morgan fingerprint density at radius 3 is 2.14 bits per heavy atom. The highest BCUT2D eigenvalue weighted by Gasteiger charge is 2.08. The number of unbranched alkanes of at least 4 members (excludes halogenated alkanes) is 4. The third-order valence-corrected chi connectivity index (χ3v) is 3.35. The second-order valence-electron chi connectivity index (χ2n) is 6.03. The van der Waals surface area contributed by atoms with Crippen molar-refractivity contribution in [3.63, 3.8) is 0 Å². The van der Waals surface area contributed by atoms with Gasteiger partial charge >= 0.3 is 0 Å². The van der Waals surface area contributed by atoms with Gasteiger partial charge in [0.1, 0.15) is 12.4 Å². The fraction of sp³-hybridized carbons (Fsp3) is 0.765. The molecule has 21 heavy (non-hydrogen) atoms. The second-order valence-corrected chi connectivity index (χ2v) is 6.03. The molecule has 0 bridgehead atoms. The average molecular weight is 296 g/mol. The van der Waals surface area contributed by atoms with Crippen LogP contribution in [0.2, 0.25) is 0 Å². The SMILES string of the molecule is CC(C)n1cc[n+](C(C)C)c1.CCCCCCCC(=O)[O-]. The summed E-state index contributed by atoms with van der Waals surface area (Å²) in [6.07, 6.45) is 12.0. The van der Waals surface area contributed by atoms with E-state index in [1.165, 1.54) is 12.8 Å². The molecule has 0 amide bonds. The molecule has 0 N–H and O–H groups in total. The molecule has 0 radical (unpaired) electrons. The standard InChI is InChI=1S/C9H17N2.C8H16O2/c1-8(2)10-5-6-11(7-10)9(3)4;1-2-3-4-5-6-7-8(9)10/h5-9H,1-4H3;2-7H2,1H3,(H,9,10)/q+1;/p-1. The number of rotatable bonds is 8. The van der Waals surface area contributed by atoms with Crippen LogP contribution >= 0.6 is 0 Å². The number of hydrogen-bond acceptors (Lipinski definition) is 2. The quantitative estimate of drug-likeness (QED) is 0.547. The molecule has 0 atom stereocenters. The summed E-state index contributed by atoms with van der Waals surface area (Å²) in [7, 11) is 0. The lowest BCUT2D eigenvalue weighted by atomic mass is 10.1. The molecule has 0 saturated carbocycles.